The standard InChI is InChI=1S/C23H26N2O/c1-15-12-16(2)23(17(3)13-15)25-22(26)14-24-18(4)20-11-7-9-19-8-5-6-10-21(19)20/h5-13,18,24H,14H2,1-4H3,(H,25,26)/t18-/m1/s1. The van der Waals surface area contributed by atoms with Crippen LogP contribution in [0.5, 0.6) is 0 Å². The van der Waals surface area contributed by atoms with Crippen LogP contribution in [0.3, 0.4) is 0 Å². The highest BCUT2D eigenvalue weighted by atomic mass is 16.1. The summed E-state index contributed by atoms with van der Waals surface area (Å²) in [4.78, 5) is 12.4. The Kier molecular flexibility index (Phi) is 5.38. The first-order valence-electron chi connectivity index (χ1n) is 9.04. The van der Waals surface area contributed by atoms with E-state index in [0.717, 1.165) is 16.8 Å². The van der Waals surface area contributed by atoms with Crippen molar-refractivity contribution in [3.8, 4) is 0 Å². The van der Waals surface area contributed by atoms with Gasteiger partial charge < -0.3 is 10.6 Å². The minimum Gasteiger partial charge on any atom is -0.324 e. The molecule has 26 heavy (non-hydrogen) atoms. The number of hydrogen-bond acceptors (Lipinski definition) is 2. The Morgan fingerprint density at radius 1 is 0.962 bits per heavy atom. The van der Waals surface area contributed by atoms with E-state index in [0.29, 0.717) is 0 Å². The highest BCUT2D eigenvalue weighted by Gasteiger charge is 2.12. The fourth-order valence-electron chi connectivity index (χ4n) is 3.54. The summed E-state index contributed by atoms with van der Waals surface area (Å²) < 4.78 is 0. The molecule has 0 saturated heterocycles. The monoisotopic (exact) mass is 346 g/mol. The van der Waals surface area contributed by atoms with Crippen molar-refractivity contribution in [3.05, 3.63) is 76.9 Å². The number of carbonyl (C=O) groups excluding carboxylic acids is 1. The predicted octanol–water partition coefficient (Wildman–Crippen LogP) is 5.05. The van der Waals surface area contributed by atoms with Crippen LogP contribution in [0.15, 0.2) is 54.6 Å². The van der Waals surface area contributed by atoms with Crippen molar-refractivity contribution in [1.82, 2.24) is 5.32 Å². The van der Waals surface area contributed by atoms with Gasteiger partial charge in [0.25, 0.3) is 0 Å². The molecule has 0 radical (unpaired) electrons. The number of aryl methyl sites for hydroxylation is 3. The fourth-order valence-corrected chi connectivity index (χ4v) is 3.54. The molecule has 3 nitrogen and oxygen atoms in total. The second kappa shape index (κ2) is 7.71. The van der Waals surface area contributed by atoms with Gasteiger partial charge in [0.1, 0.15) is 0 Å². The number of carbonyl (C=O) groups is 1. The fraction of sp³-hybridized carbons (Fsp3) is 0.261. The summed E-state index contributed by atoms with van der Waals surface area (Å²) in [5.74, 6) is -0.0212. The minimum atomic E-state index is -0.0212. The lowest BCUT2D eigenvalue weighted by Gasteiger charge is -2.17. The molecule has 0 fully saturated rings. The summed E-state index contributed by atoms with van der Waals surface area (Å²) in [5, 5.41) is 8.84. The van der Waals surface area contributed by atoms with Crippen molar-refractivity contribution in [1.29, 1.82) is 0 Å². The third kappa shape index (κ3) is 3.94. The molecule has 0 heterocycles. The maximum absolute atomic E-state index is 12.4. The van der Waals surface area contributed by atoms with Gasteiger partial charge in [0.05, 0.1) is 6.54 Å². The van der Waals surface area contributed by atoms with Crippen LogP contribution in [-0.2, 0) is 4.79 Å². The van der Waals surface area contributed by atoms with Crippen molar-refractivity contribution in [2.24, 2.45) is 0 Å². The lowest BCUT2D eigenvalue weighted by molar-refractivity contribution is -0.115. The van der Waals surface area contributed by atoms with Gasteiger partial charge in [-0.05, 0) is 55.2 Å². The smallest absolute Gasteiger partial charge is 0.238 e. The van der Waals surface area contributed by atoms with E-state index in [1.807, 2.05) is 26.0 Å². The first kappa shape index (κ1) is 18.2. The van der Waals surface area contributed by atoms with E-state index in [9.17, 15) is 4.79 Å². The molecule has 3 rings (SSSR count). The average Bonchev–Trinajstić information content (AvgIpc) is 2.62. The van der Waals surface area contributed by atoms with Gasteiger partial charge in [0.15, 0.2) is 0 Å². The van der Waals surface area contributed by atoms with Gasteiger partial charge >= 0.3 is 0 Å². The van der Waals surface area contributed by atoms with Crippen LogP contribution < -0.4 is 10.6 Å². The molecule has 0 aromatic heterocycles. The molecular weight excluding hydrogens is 320 g/mol. The second-order valence-corrected chi connectivity index (χ2v) is 6.99. The average molecular weight is 346 g/mol. The molecule has 3 aromatic rings. The Labute approximate surface area is 155 Å². The predicted molar refractivity (Wildman–Crippen MR) is 110 cm³/mol. The van der Waals surface area contributed by atoms with Crippen LogP contribution in [0, 0.1) is 20.8 Å². The maximum Gasteiger partial charge on any atom is 0.238 e. The van der Waals surface area contributed by atoms with E-state index in [-0.39, 0.29) is 18.5 Å². The van der Waals surface area contributed by atoms with Crippen molar-refractivity contribution in [2.45, 2.75) is 33.7 Å². The number of rotatable bonds is 5. The zero-order valence-electron chi connectivity index (χ0n) is 15.9. The van der Waals surface area contributed by atoms with E-state index >= 15 is 0 Å². The number of fused-ring (bicyclic) bond motifs is 1. The maximum atomic E-state index is 12.4. The molecule has 0 bridgehead atoms. The number of amides is 1. The second-order valence-electron chi connectivity index (χ2n) is 6.99. The van der Waals surface area contributed by atoms with E-state index in [2.05, 4.69) is 66.9 Å². The lowest BCUT2D eigenvalue weighted by Crippen LogP contribution is -2.30. The van der Waals surface area contributed by atoms with Crippen LogP contribution >= 0.6 is 0 Å². The molecule has 0 spiro atoms. The Morgan fingerprint density at radius 2 is 1.62 bits per heavy atom. The van der Waals surface area contributed by atoms with Crippen LogP contribution in [0.4, 0.5) is 5.69 Å². The van der Waals surface area contributed by atoms with Gasteiger partial charge in [-0.25, -0.2) is 0 Å². The minimum absolute atomic E-state index is 0.0212. The molecular formula is C23H26N2O. The zero-order valence-corrected chi connectivity index (χ0v) is 15.9. The largest absolute Gasteiger partial charge is 0.324 e. The van der Waals surface area contributed by atoms with E-state index in [1.165, 1.54) is 21.9 Å². The normalized spacial score (nSPS) is 12.2. The van der Waals surface area contributed by atoms with Crippen LogP contribution in [-0.4, -0.2) is 12.5 Å². The van der Waals surface area contributed by atoms with Crippen molar-refractivity contribution < 1.29 is 4.79 Å². The molecule has 1 atom stereocenters. The molecule has 2 N–H and O–H groups in total. The molecule has 134 valence electrons. The van der Waals surface area contributed by atoms with Gasteiger partial charge in [-0.1, -0.05) is 60.2 Å². The van der Waals surface area contributed by atoms with Gasteiger partial charge in [-0.2, -0.15) is 0 Å². The van der Waals surface area contributed by atoms with Gasteiger partial charge in [0, 0.05) is 11.7 Å². The summed E-state index contributed by atoms with van der Waals surface area (Å²) in [5.41, 5.74) is 5.52. The highest BCUT2D eigenvalue weighted by molar-refractivity contribution is 5.94. The summed E-state index contributed by atoms with van der Waals surface area (Å²) >= 11 is 0. The Bertz CT molecular complexity index is 918. The third-order valence-corrected chi connectivity index (χ3v) is 4.80. The molecule has 0 aliphatic carbocycles. The van der Waals surface area contributed by atoms with E-state index < -0.39 is 0 Å². The van der Waals surface area contributed by atoms with Crippen molar-refractivity contribution in [3.63, 3.8) is 0 Å². The number of hydrogen-bond donors (Lipinski definition) is 2. The van der Waals surface area contributed by atoms with Gasteiger partial charge in [0.2, 0.25) is 5.91 Å². The summed E-state index contributed by atoms with van der Waals surface area (Å²) in [7, 11) is 0. The Morgan fingerprint density at radius 3 is 2.35 bits per heavy atom. The Hall–Kier alpha value is -2.65. The van der Waals surface area contributed by atoms with Crippen molar-refractivity contribution >= 4 is 22.4 Å². The number of anilines is 1. The van der Waals surface area contributed by atoms with Crippen LogP contribution in [0.2, 0.25) is 0 Å². The summed E-state index contributed by atoms with van der Waals surface area (Å²) in [6.07, 6.45) is 0. The third-order valence-electron chi connectivity index (χ3n) is 4.80. The van der Waals surface area contributed by atoms with E-state index in [4.69, 9.17) is 0 Å². The SMILES string of the molecule is Cc1cc(C)c(NC(=O)CN[C@H](C)c2cccc3ccccc23)c(C)c1. The van der Waals surface area contributed by atoms with Gasteiger partial charge in [-0.15, -0.1) is 0 Å². The van der Waals surface area contributed by atoms with Gasteiger partial charge in [-0.3, -0.25) is 4.79 Å². The molecule has 1 amide bonds. The van der Waals surface area contributed by atoms with Crippen molar-refractivity contribution in [2.75, 3.05) is 11.9 Å². The molecule has 3 aromatic carbocycles. The molecule has 0 aliphatic heterocycles. The zero-order chi connectivity index (χ0) is 18.7. The first-order chi connectivity index (χ1) is 12.5. The first-order valence-corrected chi connectivity index (χ1v) is 9.04. The number of nitrogens with one attached hydrogen (secondary N) is 2. The lowest BCUT2D eigenvalue weighted by atomic mass is 10.00. The summed E-state index contributed by atoms with van der Waals surface area (Å²) in [6, 6.07) is 18.9. The molecule has 0 unspecified atom stereocenters. The number of benzene rings is 3. The van der Waals surface area contributed by atoms with Crippen LogP contribution in [0.1, 0.15) is 35.2 Å². The Balaban J connectivity index is 1.68. The van der Waals surface area contributed by atoms with E-state index in [1.54, 1.807) is 0 Å². The molecule has 0 aliphatic rings. The topological polar surface area (TPSA) is 41.1 Å². The molecule has 3 heteroatoms. The summed E-state index contributed by atoms with van der Waals surface area (Å²) in [6.45, 7) is 8.50. The quantitative estimate of drug-likeness (QED) is 0.678. The highest BCUT2D eigenvalue weighted by Crippen LogP contribution is 2.24. The molecule has 0 saturated carbocycles. The van der Waals surface area contributed by atoms with Crippen LogP contribution in [0.25, 0.3) is 10.8 Å².